The van der Waals surface area contributed by atoms with Gasteiger partial charge < -0.3 is 9.64 Å². The number of aryl methyl sites for hydroxylation is 1. The van der Waals surface area contributed by atoms with Crippen LogP contribution in [0.4, 0.5) is 0 Å². The van der Waals surface area contributed by atoms with E-state index in [0.717, 1.165) is 18.7 Å². The van der Waals surface area contributed by atoms with Crippen LogP contribution in [0.1, 0.15) is 37.0 Å². The molecule has 1 fully saturated rings. The number of rotatable bonds is 3. The van der Waals surface area contributed by atoms with Gasteiger partial charge in [0.05, 0.1) is 13.2 Å². The van der Waals surface area contributed by atoms with Crippen LogP contribution in [0.2, 0.25) is 0 Å². The summed E-state index contributed by atoms with van der Waals surface area (Å²) in [7, 11) is 0. The fourth-order valence-electron chi connectivity index (χ4n) is 2.75. The number of H-pyrrole nitrogens is 1. The van der Waals surface area contributed by atoms with Crippen molar-refractivity contribution in [2.45, 2.75) is 32.3 Å². The number of ether oxygens (including phenoxy) is 1. The average molecular weight is 276 g/mol. The number of carbonyl (C=O) groups is 1. The molecule has 1 N–H and O–H groups in total. The second kappa shape index (κ2) is 5.75. The molecule has 1 aromatic rings. The lowest BCUT2D eigenvalue weighted by Gasteiger charge is -2.32. The van der Waals surface area contributed by atoms with Gasteiger partial charge in [-0.15, -0.1) is 0 Å². The SMILES string of the molecule is Cc1nc([C@@H]2CN(C(=O)C[C@@H]3C=CCC3)CCO2)n[nH]1. The predicted octanol–water partition coefficient (Wildman–Crippen LogP) is 1.37. The summed E-state index contributed by atoms with van der Waals surface area (Å²) in [6.45, 7) is 3.61. The van der Waals surface area contributed by atoms with Crippen LogP contribution < -0.4 is 0 Å². The Hall–Kier alpha value is -1.69. The van der Waals surface area contributed by atoms with Gasteiger partial charge in [-0.25, -0.2) is 4.98 Å². The van der Waals surface area contributed by atoms with Crippen LogP contribution in [-0.4, -0.2) is 45.7 Å². The van der Waals surface area contributed by atoms with Crippen LogP contribution in [0.3, 0.4) is 0 Å². The molecule has 0 spiro atoms. The molecule has 0 aromatic carbocycles. The smallest absolute Gasteiger partial charge is 0.223 e. The zero-order valence-electron chi connectivity index (χ0n) is 11.7. The molecule has 1 aliphatic carbocycles. The number of hydrogen-bond donors (Lipinski definition) is 1. The van der Waals surface area contributed by atoms with Gasteiger partial charge >= 0.3 is 0 Å². The minimum atomic E-state index is -0.211. The minimum absolute atomic E-state index is 0.210. The molecule has 1 aliphatic heterocycles. The lowest BCUT2D eigenvalue weighted by atomic mass is 10.0. The fraction of sp³-hybridized carbons (Fsp3) is 0.643. The van der Waals surface area contributed by atoms with E-state index < -0.39 is 0 Å². The molecule has 0 saturated carbocycles. The Balaban J connectivity index is 1.59. The van der Waals surface area contributed by atoms with Crippen LogP contribution in [0, 0.1) is 12.8 Å². The molecule has 1 aromatic heterocycles. The second-order valence-corrected chi connectivity index (χ2v) is 5.45. The van der Waals surface area contributed by atoms with E-state index in [4.69, 9.17) is 4.74 Å². The lowest BCUT2D eigenvalue weighted by Crippen LogP contribution is -2.43. The molecule has 0 unspecified atom stereocenters. The largest absolute Gasteiger partial charge is 0.366 e. The van der Waals surface area contributed by atoms with Gasteiger partial charge in [0.25, 0.3) is 0 Å². The Morgan fingerprint density at radius 3 is 3.20 bits per heavy atom. The molecular weight excluding hydrogens is 256 g/mol. The van der Waals surface area contributed by atoms with Crippen molar-refractivity contribution >= 4 is 5.91 Å². The van der Waals surface area contributed by atoms with Crippen LogP contribution >= 0.6 is 0 Å². The minimum Gasteiger partial charge on any atom is -0.366 e. The highest BCUT2D eigenvalue weighted by Gasteiger charge is 2.28. The summed E-state index contributed by atoms with van der Waals surface area (Å²) in [6.07, 6.45) is 6.91. The second-order valence-electron chi connectivity index (χ2n) is 5.45. The van der Waals surface area contributed by atoms with E-state index >= 15 is 0 Å². The monoisotopic (exact) mass is 276 g/mol. The summed E-state index contributed by atoms with van der Waals surface area (Å²) in [5.74, 6) is 2.03. The average Bonchev–Trinajstić information content (AvgIpc) is 3.10. The molecule has 108 valence electrons. The summed E-state index contributed by atoms with van der Waals surface area (Å²) in [5, 5.41) is 6.94. The van der Waals surface area contributed by atoms with Crippen molar-refractivity contribution in [3.8, 4) is 0 Å². The van der Waals surface area contributed by atoms with E-state index in [1.807, 2.05) is 11.8 Å². The third kappa shape index (κ3) is 2.90. The van der Waals surface area contributed by atoms with Crippen molar-refractivity contribution in [1.29, 1.82) is 0 Å². The summed E-state index contributed by atoms with van der Waals surface area (Å²) in [5.41, 5.74) is 0. The number of nitrogens with zero attached hydrogens (tertiary/aromatic N) is 3. The summed E-state index contributed by atoms with van der Waals surface area (Å²) in [6, 6.07) is 0. The maximum absolute atomic E-state index is 12.3. The van der Waals surface area contributed by atoms with E-state index in [-0.39, 0.29) is 12.0 Å². The number of carbonyl (C=O) groups excluding carboxylic acids is 1. The number of aromatic amines is 1. The summed E-state index contributed by atoms with van der Waals surface area (Å²) in [4.78, 5) is 18.5. The molecular formula is C14H20N4O2. The van der Waals surface area contributed by atoms with E-state index in [2.05, 4.69) is 27.3 Å². The van der Waals surface area contributed by atoms with Crippen molar-refractivity contribution in [2.75, 3.05) is 19.7 Å². The molecule has 2 aliphatic rings. The predicted molar refractivity (Wildman–Crippen MR) is 72.9 cm³/mol. The molecule has 1 saturated heterocycles. The lowest BCUT2D eigenvalue weighted by molar-refractivity contribution is -0.140. The number of allylic oxidation sites excluding steroid dienone is 2. The van der Waals surface area contributed by atoms with Crippen molar-refractivity contribution < 1.29 is 9.53 Å². The first-order valence-electron chi connectivity index (χ1n) is 7.17. The maximum atomic E-state index is 12.3. The molecule has 0 bridgehead atoms. The Morgan fingerprint density at radius 1 is 1.60 bits per heavy atom. The van der Waals surface area contributed by atoms with Gasteiger partial charge in [-0.2, -0.15) is 5.10 Å². The Labute approximate surface area is 118 Å². The summed E-state index contributed by atoms with van der Waals surface area (Å²) >= 11 is 0. The quantitative estimate of drug-likeness (QED) is 0.846. The van der Waals surface area contributed by atoms with Crippen LogP contribution in [0.15, 0.2) is 12.2 Å². The molecule has 2 atom stereocenters. The molecule has 3 rings (SSSR count). The Morgan fingerprint density at radius 2 is 2.50 bits per heavy atom. The Bertz CT molecular complexity index is 511. The normalized spacial score (nSPS) is 26.1. The van der Waals surface area contributed by atoms with Crippen LogP contribution in [-0.2, 0) is 9.53 Å². The molecule has 6 nitrogen and oxygen atoms in total. The van der Waals surface area contributed by atoms with Gasteiger partial charge in [0.15, 0.2) is 5.82 Å². The standard InChI is InChI=1S/C14H20N4O2/c1-10-15-14(17-16-10)12-9-18(6-7-20-12)13(19)8-11-4-2-3-5-11/h2,4,11-12H,3,5-9H2,1H3,(H,15,16,17)/t11-,12+/m1/s1. The molecule has 1 amide bonds. The molecule has 6 heteroatoms. The number of nitrogens with one attached hydrogen (secondary N) is 1. The van der Waals surface area contributed by atoms with E-state index in [1.54, 1.807) is 0 Å². The third-order valence-electron chi connectivity index (χ3n) is 3.87. The topological polar surface area (TPSA) is 71.1 Å². The highest BCUT2D eigenvalue weighted by atomic mass is 16.5. The highest BCUT2D eigenvalue weighted by Crippen LogP contribution is 2.24. The van der Waals surface area contributed by atoms with Gasteiger partial charge in [0.2, 0.25) is 5.91 Å². The zero-order valence-corrected chi connectivity index (χ0v) is 11.7. The Kier molecular flexibility index (Phi) is 3.82. The number of morpholine rings is 1. The first kappa shape index (κ1) is 13.3. The van der Waals surface area contributed by atoms with Gasteiger partial charge in [-0.05, 0) is 25.7 Å². The van der Waals surface area contributed by atoms with Gasteiger partial charge in [0, 0.05) is 13.0 Å². The summed E-state index contributed by atoms with van der Waals surface area (Å²) < 4.78 is 5.67. The van der Waals surface area contributed by atoms with Crippen molar-refractivity contribution in [2.24, 2.45) is 5.92 Å². The van der Waals surface area contributed by atoms with Crippen molar-refractivity contribution in [1.82, 2.24) is 20.1 Å². The van der Waals surface area contributed by atoms with Gasteiger partial charge in [0.1, 0.15) is 11.9 Å². The van der Waals surface area contributed by atoms with Gasteiger partial charge in [-0.1, -0.05) is 12.2 Å². The number of hydrogen-bond acceptors (Lipinski definition) is 4. The highest BCUT2D eigenvalue weighted by molar-refractivity contribution is 5.76. The van der Waals surface area contributed by atoms with E-state index in [0.29, 0.717) is 37.9 Å². The van der Waals surface area contributed by atoms with E-state index in [1.165, 1.54) is 0 Å². The maximum Gasteiger partial charge on any atom is 0.223 e. The van der Waals surface area contributed by atoms with Crippen molar-refractivity contribution in [3.05, 3.63) is 23.8 Å². The molecule has 2 heterocycles. The fourth-order valence-corrected chi connectivity index (χ4v) is 2.75. The van der Waals surface area contributed by atoms with Gasteiger partial charge in [-0.3, -0.25) is 9.89 Å². The number of aromatic nitrogens is 3. The van der Waals surface area contributed by atoms with Crippen LogP contribution in [0.25, 0.3) is 0 Å². The first-order valence-corrected chi connectivity index (χ1v) is 7.17. The number of amides is 1. The third-order valence-corrected chi connectivity index (χ3v) is 3.87. The molecule has 0 radical (unpaired) electrons. The zero-order chi connectivity index (χ0) is 13.9. The van der Waals surface area contributed by atoms with E-state index in [9.17, 15) is 4.79 Å². The van der Waals surface area contributed by atoms with Crippen molar-refractivity contribution in [3.63, 3.8) is 0 Å². The first-order chi connectivity index (χ1) is 9.72. The van der Waals surface area contributed by atoms with Crippen LogP contribution in [0.5, 0.6) is 0 Å². The molecule has 20 heavy (non-hydrogen) atoms.